The molecule has 0 radical (unpaired) electrons. The Labute approximate surface area is 134 Å². The number of carbonyl (C=O) groups excluding carboxylic acids is 1. The minimum atomic E-state index is -3.38. The average molecular weight is 335 g/mol. The summed E-state index contributed by atoms with van der Waals surface area (Å²) in [6.07, 6.45) is 1.95. The lowest BCUT2D eigenvalue weighted by atomic mass is 9.97. The molecule has 0 unspecified atom stereocenters. The summed E-state index contributed by atoms with van der Waals surface area (Å²) >= 11 is 0. The highest BCUT2D eigenvalue weighted by Gasteiger charge is 2.33. The highest BCUT2D eigenvalue weighted by molar-refractivity contribution is 7.86. The molecule has 22 heavy (non-hydrogen) atoms. The van der Waals surface area contributed by atoms with Crippen LogP contribution >= 0.6 is 0 Å². The van der Waals surface area contributed by atoms with Gasteiger partial charge in [-0.25, -0.2) is 0 Å². The number of piperidine rings is 1. The average Bonchev–Trinajstić information content (AvgIpc) is 2.52. The minimum Gasteiger partial charge on any atom is -0.385 e. The van der Waals surface area contributed by atoms with Crippen molar-refractivity contribution in [1.82, 2.24) is 13.9 Å². The molecule has 0 atom stereocenters. The largest absolute Gasteiger partial charge is 0.385 e. The Morgan fingerprint density at radius 1 is 1.27 bits per heavy atom. The molecule has 0 aliphatic carbocycles. The maximum absolute atomic E-state index is 12.4. The van der Waals surface area contributed by atoms with E-state index in [1.165, 1.54) is 8.61 Å². The summed E-state index contributed by atoms with van der Waals surface area (Å²) in [5.41, 5.74) is 0. The molecule has 7 nitrogen and oxygen atoms in total. The normalized spacial score (nSPS) is 17.8. The van der Waals surface area contributed by atoms with Crippen molar-refractivity contribution in [2.75, 3.05) is 46.4 Å². The van der Waals surface area contributed by atoms with Crippen LogP contribution in [0.25, 0.3) is 0 Å². The fourth-order valence-electron chi connectivity index (χ4n) is 2.63. The lowest BCUT2D eigenvalue weighted by Crippen LogP contribution is -2.48. The zero-order chi connectivity index (χ0) is 16.6. The standard InChI is InChI=1S/C14H29N3O4S/c1-4-16(5-2)22(19,20)17-10-7-13(8-11-17)14(18)15-9-6-12-21-3/h13H,4-12H2,1-3H3,(H,15,18). The molecule has 8 heteroatoms. The Kier molecular flexibility index (Phi) is 8.30. The van der Waals surface area contributed by atoms with Gasteiger partial charge in [-0.05, 0) is 19.3 Å². The second kappa shape index (κ2) is 9.44. The van der Waals surface area contributed by atoms with Gasteiger partial charge >= 0.3 is 0 Å². The molecule has 1 heterocycles. The molecule has 1 rings (SSSR count). The van der Waals surface area contributed by atoms with Crippen LogP contribution in [-0.4, -0.2) is 69.4 Å². The molecule has 1 amide bonds. The second-order valence-electron chi connectivity index (χ2n) is 5.40. The molecule has 1 aliphatic rings. The van der Waals surface area contributed by atoms with Crippen molar-refractivity contribution in [2.45, 2.75) is 33.1 Å². The first-order chi connectivity index (χ1) is 10.5. The molecular weight excluding hydrogens is 306 g/mol. The van der Waals surface area contributed by atoms with Crippen molar-refractivity contribution in [3.63, 3.8) is 0 Å². The summed E-state index contributed by atoms with van der Waals surface area (Å²) in [4.78, 5) is 12.0. The van der Waals surface area contributed by atoms with E-state index >= 15 is 0 Å². The van der Waals surface area contributed by atoms with E-state index in [0.717, 1.165) is 6.42 Å². The predicted molar refractivity (Wildman–Crippen MR) is 85.6 cm³/mol. The number of amides is 1. The lowest BCUT2D eigenvalue weighted by Gasteiger charge is -2.33. The van der Waals surface area contributed by atoms with Crippen LogP contribution in [0.4, 0.5) is 0 Å². The number of hydrogen-bond donors (Lipinski definition) is 1. The van der Waals surface area contributed by atoms with Crippen molar-refractivity contribution >= 4 is 16.1 Å². The van der Waals surface area contributed by atoms with Crippen LogP contribution in [-0.2, 0) is 19.7 Å². The summed E-state index contributed by atoms with van der Waals surface area (Å²) in [7, 11) is -1.75. The summed E-state index contributed by atoms with van der Waals surface area (Å²) in [6, 6.07) is 0. The fourth-order valence-corrected chi connectivity index (χ4v) is 4.29. The number of rotatable bonds is 9. The molecular formula is C14H29N3O4S. The molecule has 1 fully saturated rings. The van der Waals surface area contributed by atoms with Crippen LogP contribution in [0.1, 0.15) is 33.1 Å². The Balaban J connectivity index is 2.44. The number of ether oxygens (including phenoxy) is 1. The summed E-state index contributed by atoms with van der Waals surface area (Å²) in [5, 5.41) is 2.89. The minimum absolute atomic E-state index is 0.0241. The third kappa shape index (κ3) is 5.19. The monoisotopic (exact) mass is 335 g/mol. The van der Waals surface area contributed by atoms with Crippen LogP contribution in [0, 0.1) is 5.92 Å². The van der Waals surface area contributed by atoms with E-state index < -0.39 is 10.2 Å². The van der Waals surface area contributed by atoms with Crippen LogP contribution in [0.15, 0.2) is 0 Å². The van der Waals surface area contributed by atoms with Gasteiger partial charge in [-0.1, -0.05) is 13.8 Å². The van der Waals surface area contributed by atoms with E-state index in [2.05, 4.69) is 5.32 Å². The molecule has 0 saturated carbocycles. The van der Waals surface area contributed by atoms with E-state index in [-0.39, 0.29) is 11.8 Å². The predicted octanol–water partition coefficient (Wildman–Crippen LogP) is 0.438. The van der Waals surface area contributed by atoms with Gasteiger partial charge in [0.1, 0.15) is 0 Å². The van der Waals surface area contributed by atoms with Crippen molar-refractivity contribution in [1.29, 1.82) is 0 Å². The third-order valence-electron chi connectivity index (χ3n) is 4.01. The van der Waals surface area contributed by atoms with Crippen molar-refractivity contribution in [3.05, 3.63) is 0 Å². The number of hydrogen-bond acceptors (Lipinski definition) is 4. The lowest BCUT2D eigenvalue weighted by molar-refractivity contribution is -0.126. The fraction of sp³-hybridized carbons (Fsp3) is 0.929. The number of nitrogens with zero attached hydrogens (tertiary/aromatic N) is 2. The van der Waals surface area contributed by atoms with Gasteiger partial charge in [-0.15, -0.1) is 0 Å². The Morgan fingerprint density at radius 2 is 1.86 bits per heavy atom. The molecule has 1 N–H and O–H groups in total. The van der Waals surface area contributed by atoms with Gasteiger partial charge < -0.3 is 10.1 Å². The summed E-state index contributed by atoms with van der Waals surface area (Å²) < 4.78 is 32.7. The Bertz CT molecular complexity index is 429. The van der Waals surface area contributed by atoms with Gasteiger partial charge in [0.25, 0.3) is 10.2 Å². The van der Waals surface area contributed by atoms with E-state index in [1.54, 1.807) is 7.11 Å². The molecule has 0 aromatic heterocycles. The first-order valence-electron chi connectivity index (χ1n) is 7.99. The van der Waals surface area contributed by atoms with E-state index in [4.69, 9.17) is 4.74 Å². The zero-order valence-electron chi connectivity index (χ0n) is 13.9. The third-order valence-corrected chi connectivity index (χ3v) is 6.19. The van der Waals surface area contributed by atoms with Gasteiger partial charge in [0.2, 0.25) is 5.91 Å². The Morgan fingerprint density at radius 3 is 2.36 bits per heavy atom. The number of methoxy groups -OCH3 is 1. The van der Waals surface area contributed by atoms with Gasteiger partial charge in [0.05, 0.1) is 0 Å². The van der Waals surface area contributed by atoms with Crippen LogP contribution in [0.2, 0.25) is 0 Å². The maximum Gasteiger partial charge on any atom is 0.281 e. The number of nitrogens with one attached hydrogen (secondary N) is 1. The summed E-state index contributed by atoms with van der Waals surface area (Å²) in [6.45, 7) is 6.66. The van der Waals surface area contributed by atoms with Crippen LogP contribution in [0.5, 0.6) is 0 Å². The molecule has 0 aromatic carbocycles. The van der Waals surface area contributed by atoms with Gasteiger partial charge in [0, 0.05) is 52.4 Å². The van der Waals surface area contributed by atoms with Gasteiger partial charge in [-0.2, -0.15) is 17.0 Å². The molecule has 0 bridgehead atoms. The SMILES string of the molecule is CCN(CC)S(=O)(=O)N1CCC(C(=O)NCCCOC)CC1. The van der Waals surface area contributed by atoms with Gasteiger partial charge in [-0.3, -0.25) is 4.79 Å². The molecule has 0 aromatic rings. The summed E-state index contributed by atoms with van der Waals surface area (Å²) in [5.74, 6) is -0.0679. The molecule has 130 valence electrons. The quantitative estimate of drug-likeness (QED) is 0.620. The highest BCUT2D eigenvalue weighted by Crippen LogP contribution is 2.21. The second-order valence-corrected chi connectivity index (χ2v) is 7.33. The van der Waals surface area contributed by atoms with Gasteiger partial charge in [0.15, 0.2) is 0 Å². The molecule has 1 saturated heterocycles. The first-order valence-corrected chi connectivity index (χ1v) is 9.38. The van der Waals surface area contributed by atoms with Crippen LogP contribution < -0.4 is 5.32 Å². The molecule has 0 spiro atoms. The van der Waals surface area contributed by atoms with Crippen molar-refractivity contribution in [2.24, 2.45) is 5.92 Å². The number of carbonyl (C=O) groups is 1. The highest BCUT2D eigenvalue weighted by atomic mass is 32.2. The zero-order valence-corrected chi connectivity index (χ0v) is 14.7. The van der Waals surface area contributed by atoms with Crippen LogP contribution in [0.3, 0.4) is 0 Å². The topological polar surface area (TPSA) is 79.0 Å². The van der Waals surface area contributed by atoms with E-state index in [1.807, 2.05) is 13.8 Å². The maximum atomic E-state index is 12.4. The first kappa shape index (κ1) is 19.3. The van der Waals surface area contributed by atoms with E-state index in [9.17, 15) is 13.2 Å². The Hall–Kier alpha value is -0.700. The smallest absolute Gasteiger partial charge is 0.281 e. The molecule has 1 aliphatic heterocycles. The van der Waals surface area contributed by atoms with Crippen molar-refractivity contribution < 1.29 is 17.9 Å². The van der Waals surface area contributed by atoms with E-state index in [0.29, 0.717) is 52.2 Å². The van der Waals surface area contributed by atoms with Crippen molar-refractivity contribution in [3.8, 4) is 0 Å².